The van der Waals surface area contributed by atoms with Gasteiger partial charge < -0.3 is 29.9 Å². The van der Waals surface area contributed by atoms with Crippen molar-refractivity contribution in [2.75, 3.05) is 18.4 Å². The molecule has 3 aliphatic heterocycles. The number of carbonyl (C=O) groups excluding carboxylic acids is 4. The number of aromatic nitrogens is 1. The molecule has 4 fully saturated rings. The van der Waals surface area contributed by atoms with Crippen molar-refractivity contribution < 1.29 is 33.0 Å². The third kappa shape index (κ3) is 5.14. The molecule has 1 aromatic heterocycles. The van der Waals surface area contributed by atoms with Gasteiger partial charge in [0.05, 0.1) is 12.6 Å². The van der Waals surface area contributed by atoms with Crippen molar-refractivity contribution in [1.29, 1.82) is 5.26 Å². The molecule has 2 saturated carbocycles. The molecule has 12 nitrogen and oxygen atoms in total. The number of fused-ring (bicyclic) bond motifs is 6. The van der Waals surface area contributed by atoms with Crippen LogP contribution < -0.4 is 20.1 Å². The highest BCUT2D eigenvalue weighted by molar-refractivity contribution is 6.01. The monoisotopic (exact) mass is 644 g/mol. The Labute approximate surface area is 271 Å². The maximum atomic E-state index is 15.3. The molecular formula is C34H37FN6O6. The van der Waals surface area contributed by atoms with Crippen LogP contribution in [0.3, 0.4) is 0 Å². The second-order valence-corrected chi connectivity index (χ2v) is 14.4. The second kappa shape index (κ2) is 11.2. The number of hydrogen-bond donors (Lipinski definition) is 2. The van der Waals surface area contributed by atoms with Crippen LogP contribution in [-0.4, -0.2) is 81.6 Å². The number of carbonyl (C=O) groups is 4. The van der Waals surface area contributed by atoms with Crippen LogP contribution in [0.1, 0.15) is 40.0 Å². The second-order valence-electron chi connectivity index (χ2n) is 14.4. The summed E-state index contributed by atoms with van der Waals surface area (Å²) in [7, 11) is 0. The summed E-state index contributed by atoms with van der Waals surface area (Å²) in [4.78, 5) is 62.6. The van der Waals surface area contributed by atoms with Crippen molar-refractivity contribution in [1.82, 2.24) is 20.1 Å². The largest absolute Gasteiger partial charge is 0.472 e. The van der Waals surface area contributed by atoms with Crippen molar-refractivity contribution in [3.05, 3.63) is 48.7 Å². The van der Waals surface area contributed by atoms with Gasteiger partial charge in [0.15, 0.2) is 11.6 Å². The van der Waals surface area contributed by atoms with Gasteiger partial charge >= 0.3 is 6.09 Å². The predicted molar refractivity (Wildman–Crippen MR) is 164 cm³/mol. The average molecular weight is 645 g/mol. The third-order valence-corrected chi connectivity index (χ3v) is 10.6. The van der Waals surface area contributed by atoms with Crippen molar-refractivity contribution in [2.45, 2.75) is 69.9 Å². The first kappa shape index (κ1) is 30.9. The van der Waals surface area contributed by atoms with Crippen LogP contribution in [0.15, 0.2) is 48.7 Å². The Morgan fingerprint density at radius 2 is 1.91 bits per heavy atom. The zero-order valence-electron chi connectivity index (χ0n) is 26.4. The molecule has 13 heteroatoms. The van der Waals surface area contributed by atoms with E-state index in [1.54, 1.807) is 63.2 Å². The van der Waals surface area contributed by atoms with Gasteiger partial charge in [-0.05, 0) is 66.2 Å². The summed E-state index contributed by atoms with van der Waals surface area (Å²) in [5, 5.41) is 15.7. The molecule has 0 radical (unpaired) electrons. The maximum absolute atomic E-state index is 15.3. The van der Waals surface area contributed by atoms with E-state index in [-0.39, 0.29) is 37.2 Å². The van der Waals surface area contributed by atoms with Gasteiger partial charge in [0.25, 0.3) is 5.91 Å². The molecule has 1 aromatic carbocycles. The molecule has 4 amide bonds. The Kier molecular flexibility index (Phi) is 7.37. The van der Waals surface area contributed by atoms with Crippen molar-refractivity contribution in [2.24, 2.45) is 29.1 Å². The molecule has 246 valence electrons. The Morgan fingerprint density at radius 3 is 2.64 bits per heavy atom. The summed E-state index contributed by atoms with van der Waals surface area (Å²) < 4.78 is 26.9. The lowest BCUT2D eigenvalue weighted by molar-refractivity contribution is -0.149. The van der Waals surface area contributed by atoms with Crippen LogP contribution in [0.25, 0.3) is 0 Å². The van der Waals surface area contributed by atoms with E-state index in [1.807, 2.05) is 0 Å². The van der Waals surface area contributed by atoms with E-state index in [4.69, 9.17) is 9.47 Å². The normalized spacial score (nSPS) is 32.6. The van der Waals surface area contributed by atoms with E-state index >= 15 is 4.39 Å². The lowest BCUT2D eigenvalue weighted by Gasteiger charge is -2.38. The summed E-state index contributed by atoms with van der Waals surface area (Å²) in [6, 6.07) is 10.7. The molecule has 2 bridgehead atoms. The first-order chi connectivity index (χ1) is 22.4. The molecular weight excluding hydrogens is 607 g/mol. The van der Waals surface area contributed by atoms with Crippen molar-refractivity contribution in [3.8, 4) is 17.6 Å². The number of alkyl halides is 1. The molecule has 7 rings (SSSR count). The van der Waals surface area contributed by atoms with Crippen LogP contribution in [0.4, 0.5) is 15.0 Å². The van der Waals surface area contributed by atoms with Gasteiger partial charge in [-0.3, -0.25) is 14.4 Å². The number of rotatable bonds is 4. The minimum Gasteiger partial charge on any atom is -0.472 e. The summed E-state index contributed by atoms with van der Waals surface area (Å²) in [5.74, 6) is -1.61. The number of para-hydroxylation sites is 1. The summed E-state index contributed by atoms with van der Waals surface area (Å²) in [6.07, 6.45) is 0.523. The van der Waals surface area contributed by atoms with Crippen molar-refractivity contribution >= 4 is 29.6 Å². The predicted octanol–water partition coefficient (Wildman–Crippen LogP) is 3.30. The number of halogens is 1. The van der Waals surface area contributed by atoms with Crippen LogP contribution in [0.5, 0.6) is 11.5 Å². The minimum absolute atomic E-state index is 0.0188. The molecule has 5 aliphatic rings. The summed E-state index contributed by atoms with van der Waals surface area (Å²) in [5.41, 5.74) is -2.32. The molecule has 9 atom stereocenters. The van der Waals surface area contributed by atoms with Gasteiger partial charge in [-0.1, -0.05) is 39.0 Å². The number of anilines is 1. The molecule has 9 unspecified atom stereocenters. The van der Waals surface area contributed by atoms with E-state index in [9.17, 15) is 24.4 Å². The van der Waals surface area contributed by atoms with Crippen LogP contribution in [-0.2, 0) is 14.4 Å². The topological polar surface area (TPSA) is 154 Å². The summed E-state index contributed by atoms with van der Waals surface area (Å²) in [6.45, 7) is 5.40. The van der Waals surface area contributed by atoms with Gasteiger partial charge in [-0.15, -0.1) is 0 Å². The van der Waals surface area contributed by atoms with E-state index in [0.717, 1.165) is 0 Å². The van der Waals surface area contributed by atoms with Gasteiger partial charge in [0.1, 0.15) is 30.0 Å². The number of hydrogen-bond acceptors (Lipinski definition) is 8. The van der Waals surface area contributed by atoms with Gasteiger partial charge in [0, 0.05) is 19.2 Å². The molecule has 2 saturated heterocycles. The zero-order valence-corrected chi connectivity index (χ0v) is 26.4. The molecule has 1 spiro atoms. The number of benzene rings is 1. The van der Waals surface area contributed by atoms with E-state index in [1.165, 1.54) is 16.0 Å². The van der Waals surface area contributed by atoms with Crippen LogP contribution in [0.2, 0.25) is 0 Å². The van der Waals surface area contributed by atoms with Gasteiger partial charge in [0.2, 0.25) is 17.4 Å². The van der Waals surface area contributed by atoms with Crippen LogP contribution in [0, 0.1) is 40.4 Å². The Bertz CT molecular complexity index is 1660. The SMILES string of the molecule is CC(C)(C)C(NC(=O)Oc1ccccc1)C(=O)N1CC2C3CC(F)C(C3)C2C1C(=O)N1CC2(CC1C#N)Oc1cccnc1NC2=O. The molecule has 47 heavy (non-hydrogen) atoms. The van der Waals surface area contributed by atoms with Crippen LogP contribution >= 0.6 is 0 Å². The smallest absolute Gasteiger partial charge is 0.413 e. The Balaban J connectivity index is 1.19. The fraction of sp³-hybridized carbons (Fsp3) is 0.529. The maximum Gasteiger partial charge on any atom is 0.413 e. The minimum atomic E-state index is -1.53. The third-order valence-electron chi connectivity index (χ3n) is 10.6. The number of ether oxygens (including phenoxy) is 2. The van der Waals surface area contributed by atoms with Crippen molar-refractivity contribution in [3.63, 3.8) is 0 Å². The zero-order chi connectivity index (χ0) is 33.2. The average Bonchev–Trinajstić information content (AvgIpc) is 3.79. The molecule has 2 aromatic rings. The number of nitrogens with one attached hydrogen (secondary N) is 2. The standard InChI is InChI=1S/C34H37FN6O6/c1-33(2,3)27(38-32(45)46-20-8-5-4-6-9-20)30(43)40-16-22-18-12-21(23(35)13-18)25(22)26(40)29(42)41-17-34(14-19(41)15-36)31(44)39-28-24(47-34)10-7-11-37-28/h4-11,18-19,21-23,25-27H,12-14,16-17H2,1-3H3,(H,38,45)(H,37,39,44). The highest BCUT2D eigenvalue weighted by Gasteiger charge is 2.65. The highest BCUT2D eigenvalue weighted by Crippen LogP contribution is 2.59. The number of likely N-dealkylation sites (tertiary alicyclic amines) is 2. The quantitative estimate of drug-likeness (QED) is 0.514. The van der Waals surface area contributed by atoms with E-state index in [0.29, 0.717) is 24.3 Å². The summed E-state index contributed by atoms with van der Waals surface area (Å²) >= 11 is 0. The van der Waals surface area contributed by atoms with E-state index in [2.05, 4.69) is 21.7 Å². The first-order valence-corrected chi connectivity index (χ1v) is 16.0. The molecule has 2 aliphatic carbocycles. The van der Waals surface area contributed by atoms with Gasteiger partial charge in [-0.2, -0.15) is 5.26 Å². The fourth-order valence-corrected chi connectivity index (χ4v) is 8.48. The number of pyridine rings is 1. The lowest BCUT2D eigenvalue weighted by Crippen LogP contribution is -2.60. The Hall–Kier alpha value is -4.73. The Morgan fingerprint density at radius 1 is 1.15 bits per heavy atom. The first-order valence-electron chi connectivity index (χ1n) is 16.0. The van der Waals surface area contributed by atoms with E-state index < -0.39 is 71.0 Å². The number of nitriles is 1. The van der Waals surface area contributed by atoms with Gasteiger partial charge in [-0.25, -0.2) is 14.2 Å². The fourth-order valence-electron chi connectivity index (χ4n) is 8.48. The highest BCUT2D eigenvalue weighted by atomic mass is 19.1. The lowest BCUT2D eigenvalue weighted by atomic mass is 9.77. The molecule has 4 heterocycles. The number of nitrogens with zero attached hydrogens (tertiary/aromatic N) is 4. The number of amides is 4. The molecule has 2 N–H and O–H groups in total.